The number of ketones is 1. The van der Waals surface area contributed by atoms with Crippen LogP contribution < -0.4 is 0 Å². The van der Waals surface area contributed by atoms with Crippen LogP contribution in [0, 0.1) is 11.7 Å². The summed E-state index contributed by atoms with van der Waals surface area (Å²) in [5, 5.41) is 0.893. The SMILES string of the molecule is O=C1CN=CCC1Cc1nc2cc(F)ccc2s1. The maximum absolute atomic E-state index is 13.1. The van der Waals surface area contributed by atoms with Crippen molar-refractivity contribution in [3.63, 3.8) is 0 Å². The molecule has 0 N–H and O–H groups in total. The van der Waals surface area contributed by atoms with Crippen LogP contribution in [0.3, 0.4) is 0 Å². The number of nitrogens with zero attached hydrogens (tertiary/aromatic N) is 2. The van der Waals surface area contributed by atoms with Crippen LogP contribution in [0.5, 0.6) is 0 Å². The molecule has 1 aromatic heterocycles. The van der Waals surface area contributed by atoms with Gasteiger partial charge in [0.05, 0.1) is 21.8 Å². The Morgan fingerprint density at radius 2 is 2.33 bits per heavy atom. The molecule has 1 unspecified atom stereocenters. The Labute approximate surface area is 107 Å². The molecule has 2 aromatic rings. The van der Waals surface area contributed by atoms with Gasteiger partial charge in [0.1, 0.15) is 5.82 Å². The molecule has 3 rings (SSSR count). The Hall–Kier alpha value is -1.62. The number of benzene rings is 1. The van der Waals surface area contributed by atoms with Crippen molar-refractivity contribution in [2.24, 2.45) is 10.9 Å². The van der Waals surface area contributed by atoms with Crippen molar-refractivity contribution in [2.75, 3.05) is 6.54 Å². The third-order valence-electron chi connectivity index (χ3n) is 3.04. The molecule has 0 aliphatic carbocycles. The summed E-state index contributed by atoms with van der Waals surface area (Å²) in [5.41, 5.74) is 0.673. The molecule has 18 heavy (non-hydrogen) atoms. The molecule has 0 radical (unpaired) electrons. The van der Waals surface area contributed by atoms with E-state index in [2.05, 4.69) is 9.98 Å². The number of carbonyl (C=O) groups excluding carboxylic acids is 1. The number of aliphatic imine (C=N–C) groups is 1. The maximum atomic E-state index is 13.1. The van der Waals surface area contributed by atoms with Gasteiger partial charge < -0.3 is 0 Å². The average molecular weight is 262 g/mol. The van der Waals surface area contributed by atoms with Gasteiger partial charge in [-0.15, -0.1) is 11.3 Å². The van der Waals surface area contributed by atoms with Crippen molar-refractivity contribution in [3.05, 3.63) is 29.0 Å². The topological polar surface area (TPSA) is 42.3 Å². The molecular weight excluding hydrogens is 251 g/mol. The van der Waals surface area contributed by atoms with Crippen LogP contribution in [0.25, 0.3) is 10.2 Å². The lowest BCUT2D eigenvalue weighted by molar-refractivity contribution is -0.121. The van der Waals surface area contributed by atoms with E-state index >= 15 is 0 Å². The van der Waals surface area contributed by atoms with E-state index in [9.17, 15) is 9.18 Å². The van der Waals surface area contributed by atoms with Crippen LogP contribution >= 0.6 is 11.3 Å². The highest BCUT2D eigenvalue weighted by Crippen LogP contribution is 2.26. The van der Waals surface area contributed by atoms with E-state index in [4.69, 9.17) is 0 Å². The minimum atomic E-state index is -0.278. The summed E-state index contributed by atoms with van der Waals surface area (Å²) < 4.78 is 14.0. The summed E-state index contributed by atoms with van der Waals surface area (Å²) >= 11 is 1.53. The summed E-state index contributed by atoms with van der Waals surface area (Å²) in [5.74, 6) is -0.129. The highest BCUT2D eigenvalue weighted by molar-refractivity contribution is 7.18. The molecule has 1 aliphatic heterocycles. The number of halogens is 1. The van der Waals surface area contributed by atoms with Crippen LogP contribution in [0.1, 0.15) is 11.4 Å². The number of hydrogen-bond donors (Lipinski definition) is 0. The molecule has 0 spiro atoms. The maximum Gasteiger partial charge on any atom is 0.158 e. The van der Waals surface area contributed by atoms with E-state index < -0.39 is 0 Å². The quantitative estimate of drug-likeness (QED) is 0.835. The first-order valence-electron chi connectivity index (χ1n) is 5.78. The van der Waals surface area contributed by atoms with Gasteiger partial charge in [-0.2, -0.15) is 0 Å². The van der Waals surface area contributed by atoms with Crippen LogP contribution in [0.2, 0.25) is 0 Å². The molecule has 0 fully saturated rings. The van der Waals surface area contributed by atoms with Crippen LogP contribution in [-0.4, -0.2) is 23.5 Å². The molecule has 0 bridgehead atoms. The number of fused-ring (bicyclic) bond motifs is 1. The predicted octanol–water partition coefficient (Wildman–Crippen LogP) is 2.64. The average Bonchev–Trinajstić information content (AvgIpc) is 2.73. The molecule has 0 amide bonds. The monoisotopic (exact) mass is 262 g/mol. The van der Waals surface area contributed by atoms with E-state index in [1.165, 1.54) is 23.5 Å². The Morgan fingerprint density at radius 1 is 1.44 bits per heavy atom. The Balaban J connectivity index is 1.86. The second kappa shape index (κ2) is 4.57. The first kappa shape index (κ1) is 11.5. The Bertz CT molecular complexity index is 635. The standard InChI is InChI=1S/C13H11FN2OS/c14-9-1-2-12-10(6-9)16-13(18-12)5-8-3-4-15-7-11(8)17/h1-2,4,6,8H,3,5,7H2. The number of carbonyl (C=O) groups is 1. The molecule has 1 aliphatic rings. The smallest absolute Gasteiger partial charge is 0.158 e. The van der Waals surface area contributed by atoms with Gasteiger partial charge in [-0.05, 0) is 24.8 Å². The lowest BCUT2D eigenvalue weighted by Crippen LogP contribution is -2.23. The van der Waals surface area contributed by atoms with Gasteiger partial charge in [-0.25, -0.2) is 9.37 Å². The van der Waals surface area contributed by atoms with Crippen LogP contribution in [0.15, 0.2) is 23.2 Å². The fourth-order valence-corrected chi connectivity index (χ4v) is 3.09. The summed E-state index contributed by atoms with van der Waals surface area (Å²) in [7, 11) is 0. The lowest BCUT2D eigenvalue weighted by Gasteiger charge is -2.13. The van der Waals surface area contributed by atoms with E-state index in [-0.39, 0.29) is 24.1 Å². The van der Waals surface area contributed by atoms with Gasteiger partial charge in [0, 0.05) is 18.4 Å². The first-order chi connectivity index (χ1) is 8.72. The lowest BCUT2D eigenvalue weighted by atomic mass is 9.95. The molecule has 3 nitrogen and oxygen atoms in total. The van der Waals surface area contributed by atoms with Gasteiger partial charge in [0.15, 0.2) is 5.78 Å². The van der Waals surface area contributed by atoms with Crippen molar-refractivity contribution >= 4 is 33.6 Å². The third-order valence-corrected chi connectivity index (χ3v) is 4.10. The number of aromatic nitrogens is 1. The second-order valence-electron chi connectivity index (χ2n) is 4.35. The molecular formula is C13H11FN2OS. The fourth-order valence-electron chi connectivity index (χ4n) is 2.06. The van der Waals surface area contributed by atoms with E-state index in [1.807, 2.05) is 0 Å². The zero-order valence-corrected chi connectivity index (χ0v) is 10.4. The third kappa shape index (κ3) is 2.18. The summed E-state index contributed by atoms with van der Waals surface area (Å²) in [6.07, 6.45) is 3.12. The highest BCUT2D eigenvalue weighted by Gasteiger charge is 2.21. The molecule has 0 saturated heterocycles. The predicted molar refractivity (Wildman–Crippen MR) is 69.8 cm³/mol. The van der Waals surface area contributed by atoms with Crippen molar-refractivity contribution in [3.8, 4) is 0 Å². The molecule has 1 atom stereocenters. The largest absolute Gasteiger partial charge is 0.297 e. The zero-order chi connectivity index (χ0) is 12.5. The highest BCUT2D eigenvalue weighted by atomic mass is 32.1. The number of thiazole rings is 1. The Kier molecular flexibility index (Phi) is 2.91. The van der Waals surface area contributed by atoms with Crippen molar-refractivity contribution in [2.45, 2.75) is 12.8 Å². The first-order valence-corrected chi connectivity index (χ1v) is 6.60. The van der Waals surface area contributed by atoms with E-state index in [1.54, 1.807) is 12.3 Å². The minimum Gasteiger partial charge on any atom is -0.297 e. The summed E-state index contributed by atoms with van der Waals surface area (Å²) in [6, 6.07) is 4.60. The van der Waals surface area contributed by atoms with Crippen molar-refractivity contribution in [1.29, 1.82) is 0 Å². The van der Waals surface area contributed by atoms with Gasteiger partial charge in [0.2, 0.25) is 0 Å². The molecule has 92 valence electrons. The molecule has 2 heterocycles. The van der Waals surface area contributed by atoms with E-state index in [0.717, 1.165) is 9.71 Å². The van der Waals surface area contributed by atoms with Crippen molar-refractivity contribution in [1.82, 2.24) is 4.98 Å². The Morgan fingerprint density at radius 3 is 3.17 bits per heavy atom. The summed E-state index contributed by atoms with van der Waals surface area (Å²) in [6.45, 7) is 0.282. The molecule has 5 heteroatoms. The molecule has 0 saturated carbocycles. The van der Waals surface area contributed by atoms with Crippen LogP contribution in [0.4, 0.5) is 4.39 Å². The van der Waals surface area contributed by atoms with Crippen molar-refractivity contribution < 1.29 is 9.18 Å². The van der Waals surface area contributed by atoms with E-state index in [0.29, 0.717) is 18.4 Å². The number of rotatable bonds is 2. The second-order valence-corrected chi connectivity index (χ2v) is 5.46. The number of Topliss-reactive ketones (excluding diaryl/α,β-unsaturated/α-hetero) is 1. The zero-order valence-electron chi connectivity index (χ0n) is 9.60. The van der Waals surface area contributed by atoms with Gasteiger partial charge in [-0.3, -0.25) is 9.79 Å². The summed E-state index contributed by atoms with van der Waals surface area (Å²) in [4.78, 5) is 20.0. The normalized spacial score (nSPS) is 19.6. The van der Waals surface area contributed by atoms with Gasteiger partial charge >= 0.3 is 0 Å². The number of hydrogen-bond acceptors (Lipinski definition) is 4. The van der Waals surface area contributed by atoms with Gasteiger partial charge in [0.25, 0.3) is 0 Å². The van der Waals surface area contributed by atoms with Crippen LogP contribution in [-0.2, 0) is 11.2 Å². The van der Waals surface area contributed by atoms with Gasteiger partial charge in [-0.1, -0.05) is 0 Å². The molecule has 1 aromatic carbocycles. The minimum absolute atomic E-state index is 0.0205. The fraction of sp³-hybridized carbons (Fsp3) is 0.308.